The predicted molar refractivity (Wildman–Crippen MR) is 180 cm³/mol. The number of nitrogens with zero attached hydrogens (tertiary/aromatic N) is 4. The van der Waals surface area contributed by atoms with E-state index in [1.165, 1.54) is 25.3 Å². The van der Waals surface area contributed by atoms with Crippen molar-refractivity contribution in [2.24, 2.45) is 4.99 Å². The van der Waals surface area contributed by atoms with E-state index < -0.39 is 11.6 Å². The molecule has 2 aliphatic heterocycles. The smallest absolute Gasteiger partial charge is 0.256 e. The number of aromatic nitrogens is 2. The zero-order valence-corrected chi connectivity index (χ0v) is 27.4. The molecule has 0 atom stereocenters. The Bertz CT molecular complexity index is 1810. The first-order chi connectivity index (χ1) is 21.7. The highest BCUT2D eigenvalue weighted by Gasteiger charge is 2.31. The molecule has 1 amide bonds. The average Bonchev–Trinajstić information content (AvgIpc) is 3.21. The number of ether oxygens (including phenoxy) is 1. The first-order valence-electron chi connectivity index (χ1n) is 14.7. The number of amides is 1. The molecule has 45 heavy (non-hydrogen) atoms. The van der Waals surface area contributed by atoms with Crippen LogP contribution in [0.25, 0.3) is 11.3 Å². The molecule has 1 aromatic heterocycles. The first kappa shape index (κ1) is 31.0. The Labute approximate surface area is 274 Å². The summed E-state index contributed by atoms with van der Waals surface area (Å²) in [7, 11) is 3.43. The van der Waals surface area contributed by atoms with Crippen molar-refractivity contribution < 1.29 is 18.3 Å². The van der Waals surface area contributed by atoms with Gasteiger partial charge in [0.1, 0.15) is 17.4 Å². The number of hydrogen-bond acceptors (Lipinski definition) is 7. The van der Waals surface area contributed by atoms with Gasteiger partial charge in [-0.3, -0.25) is 9.79 Å². The Morgan fingerprint density at radius 3 is 2.58 bits per heavy atom. The molecule has 1 saturated heterocycles. The van der Waals surface area contributed by atoms with Gasteiger partial charge in [0.2, 0.25) is 5.95 Å². The van der Waals surface area contributed by atoms with Crippen LogP contribution in [-0.2, 0) is 11.0 Å². The number of piperidine rings is 1. The number of anilines is 2. The summed E-state index contributed by atoms with van der Waals surface area (Å²) in [5.74, 6) is -0.720. The minimum absolute atomic E-state index is 0.0201. The van der Waals surface area contributed by atoms with Crippen molar-refractivity contribution in [3.05, 3.63) is 100 Å². The fourth-order valence-electron chi connectivity index (χ4n) is 5.78. The van der Waals surface area contributed by atoms with Crippen LogP contribution in [0.15, 0.2) is 65.8 Å². The third-order valence-corrected chi connectivity index (χ3v) is 9.55. The molecule has 1 fully saturated rings. The molecule has 6 rings (SSSR count). The maximum absolute atomic E-state index is 15.3. The predicted octanol–water partition coefficient (Wildman–Crippen LogP) is 6.67. The number of fused-ring (bicyclic) bond motifs is 3. The van der Waals surface area contributed by atoms with Crippen molar-refractivity contribution in [3.63, 3.8) is 0 Å². The molecule has 0 spiro atoms. The van der Waals surface area contributed by atoms with Crippen LogP contribution < -0.4 is 15.4 Å². The lowest BCUT2D eigenvalue weighted by Crippen LogP contribution is -2.51. The zero-order chi connectivity index (χ0) is 31.7. The Kier molecular flexibility index (Phi) is 8.82. The molecule has 0 radical (unpaired) electrons. The number of nitrogens with one attached hydrogen (secondary N) is 2. The fourth-order valence-corrected chi connectivity index (χ4v) is 6.25. The van der Waals surface area contributed by atoms with E-state index in [-0.39, 0.29) is 35.1 Å². The number of rotatable bonds is 7. The van der Waals surface area contributed by atoms with Crippen molar-refractivity contribution in [2.75, 3.05) is 32.6 Å². The van der Waals surface area contributed by atoms with Crippen LogP contribution in [0, 0.1) is 11.6 Å². The Morgan fingerprint density at radius 2 is 1.87 bits per heavy atom. The van der Waals surface area contributed by atoms with Gasteiger partial charge in [-0.05, 0) is 68.8 Å². The average molecular weight is 723 g/mol. The van der Waals surface area contributed by atoms with Crippen LogP contribution >= 0.6 is 22.6 Å². The quantitative estimate of drug-likeness (QED) is 0.164. The van der Waals surface area contributed by atoms with E-state index in [1.54, 1.807) is 29.3 Å². The second-order valence-corrected chi connectivity index (χ2v) is 12.2. The van der Waals surface area contributed by atoms with Gasteiger partial charge >= 0.3 is 0 Å². The van der Waals surface area contributed by atoms with Crippen LogP contribution in [-0.4, -0.2) is 59.3 Å². The lowest BCUT2D eigenvalue weighted by molar-refractivity contribution is 0.0657. The summed E-state index contributed by atoms with van der Waals surface area (Å²) in [6.45, 7) is 3.49. The van der Waals surface area contributed by atoms with Gasteiger partial charge in [0.05, 0.1) is 36.2 Å². The van der Waals surface area contributed by atoms with Crippen molar-refractivity contribution in [3.8, 4) is 17.0 Å². The van der Waals surface area contributed by atoms with E-state index in [2.05, 4.69) is 45.1 Å². The van der Waals surface area contributed by atoms with Gasteiger partial charge in [0, 0.05) is 51.6 Å². The molecule has 4 aromatic rings. The summed E-state index contributed by atoms with van der Waals surface area (Å²) in [6, 6.07) is 15.1. The molecular weight excluding hydrogens is 689 g/mol. The van der Waals surface area contributed by atoms with Crippen molar-refractivity contribution in [1.29, 1.82) is 0 Å². The van der Waals surface area contributed by atoms with Gasteiger partial charge in [-0.25, -0.2) is 18.7 Å². The SMILES string of the molecule is CNC1(C)CCN(C(=O)c2ccc(Nc3ncc4c(n3)-c3ccc(CI)cc3C(c3c(F)cccc3OC)=NC4)cc2F)CC1. The lowest BCUT2D eigenvalue weighted by atomic mass is 9.89. The Balaban J connectivity index is 1.30. The molecule has 2 N–H and O–H groups in total. The molecule has 2 aliphatic rings. The highest BCUT2D eigenvalue weighted by atomic mass is 127. The second kappa shape index (κ2) is 12.8. The molecule has 0 aliphatic carbocycles. The molecular formula is C34H33F2IN6O2. The van der Waals surface area contributed by atoms with E-state index in [9.17, 15) is 4.79 Å². The third-order valence-electron chi connectivity index (χ3n) is 8.67. The number of carbonyl (C=O) groups excluding carboxylic acids is 1. The number of aliphatic imine (C=N–C) groups is 1. The van der Waals surface area contributed by atoms with Gasteiger partial charge in [-0.15, -0.1) is 0 Å². The Morgan fingerprint density at radius 1 is 1.07 bits per heavy atom. The summed E-state index contributed by atoms with van der Waals surface area (Å²) in [4.78, 5) is 28.9. The van der Waals surface area contributed by atoms with Gasteiger partial charge in [-0.2, -0.15) is 0 Å². The van der Waals surface area contributed by atoms with Gasteiger partial charge in [0.25, 0.3) is 5.91 Å². The number of hydrogen-bond donors (Lipinski definition) is 2. The third kappa shape index (κ3) is 6.15. The number of likely N-dealkylation sites (tertiary alicyclic amines) is 1. The summed E-state index contributed by atoms with van der Waals surface area (Å²) in [6.07, 6.45) is 3.28. The van der Waals surface area contributed by atoms with Gasteiger partial charge in [0.15, 0.2) is 0 Å². The van der Waals surface area contributed by atoms with Gasteiger partial charge in [-0.1, -0.05) is 40.8 Å². The molecule has 0 unspecified atom stereocenters. The standard InChI is InChI=1S/C34H33F2IN6O2/c1-34(38-2)11-13-43(14-12-34)32(44)24-10-8-22(16-27(24)36)41-33-40-19-21-18-39-31(29-26(35)5-4-6-28(29)45-3)25-15-20(17-37)7-9-23(25)30(21)42-33/h4-10,15-16,19,38H,11-14,17-18H2,1-3H3,(H,40,41,42). The Hall–Kier alpha value is -3.97. The number of carbonyl (C=O) groups is 1. The van der Waals surface area contributed by atoms with E-state index >= 15 is 8.78 Å². The molecule has 0 saturated carbocycles. The number of benzene rings is 3. The molecule has 8 nitrogen and oxygen atoms in total. The van der Waals surface area contributed by atoms with Crippen LogP contribution in [0.5, 0.6) is 5.75 Å². The van der Waals surface area contributed by atoms with Crippen molar-refractivity contribution >= 4 is 45.8 Å². The summed E-state index contributed by atoms with van der Waals surface area (Å²) >= 11 is 2.29. The fraction of sp³-hybridized carbons (Fsp3) is 0.294. The maximum Gasteiger partial charge on any atom is 0.256 e. The number of halogens is 3. The largest absolute Gasteiger partial charge is 0.496 e. The van der Waals surface area contributed by atoms with E-state index in [1.807, 2.05) is 25.2 Å². The zero-order valence-electron chi connectivity index (χ0n) is 25.3. The molecule has 232 valence electrons. The summed E-state index contributed by atoms with van der Waals surface area (Å²) < 4.78 is 36.8. The van der Waals surface area contributed by atoms with Crippen LogP contribution in [0.2, 0.25) is 0 Å². The molecule has 11 heteroatoms. The normalized spacial score (nSPS) is 15.4. The lowest BCUT2D eigenvalue weighted by Gasteiger charge is -2.39. The molecule has 0 bridgehead atoms. The number of alkyl halides is 1. The summed E-state index contributed by atoms with van der Waals surface area (Å²) in [5, 5.41) is 6.40. The highest BCUT2D eigenvalue weighted by molar-refractivity contribution is 14.1. The van der Waals surface area contributed by atoms with Crippen LogP contribution in [0.1, 0.15) is 52.4 Å². The topological polar surface area (TPSA) is 91.7 Å². The monoisotopic (exact) mass is 722 g/mol. The van der Waals surface area contributed by atoms with E-state index in [4.69, 9.17) is 14.7 Å². The van der Waals surface area contributed by atoms with Crippen molar-refractivity contribution in [1.82, 2.24) is 20.2 Å². The van der Waals surface area contributed by atoms with E-state index in [0.29, 0.717) is 35.9 Å². The van der Waals surface area contributed by atoms with Crippen LogP contribution in [0.4, 0.5) is 20.4 Å². The van der Waals surface area contributed by atoms with E-state index in [0.717, 1.165) is 39.5 Å². The number of methoxy groups -OCH3 is 1. The van der Waals surface area contributed by atoms with Crippen molar-refractivity contribution in [2.45, 2.75) is 36.3 Å². The molecule has 3 heterocycles. The first-order valence-corrected chi connectivity index (χ1v) is 16.2. The minimum atomic E-state index is -0.615. The maximum atomic E-state index is 15.3. The van der Waals surface area contributed by atoms with Gasteiger partial charge < -0.3 is 20.3 Å². The summed E-state index contributed by atoms with van der Waals surface area (Å²) in [5.41, 5.74) is 5.15. The van der Waals surface area contributed by atoms with Crippen LogP contribution in [0.3, 0.4) is 0 Å². The second-order valence-electron chi connectivity index (χ2n) is 11.5. The highest BCUT2D eigenvalue weighted by Crippen LogP contribution is 2.36. The molecule has 3 aromatic carbocycles. The minimum Gasteiger partial charge on any atom is -0.496 e.